The Kier molecular flexibility index (Phi) is 4.59. The number of ether oxygens (including phenoxy) is 1. The Labute approximate surface area is 148 Å². The van der Waals surface area contributed by atoms with Gasteiger partial charge in [-0.05, 0) is 32.8 Å². The molecule has 0 bridgehead atoms. The standard InChI is InChI=1S/C20H25N3O2/c1-3-23-11-10-21-20(23)19-17(8-6-12-24-19)22-13-16-14(2)25-18-9-5-4-7-15(16)18/h4-5,7,9-11,17,19,22H,3,6,8,12-13H2,1-2H3/t17-,19-/m0/s1. The normalized spacial score (nSPS) is 21.0. The van der Waals surface area contributed by atoms with E-state index in [2.05, 4.69) is 33.9 Å². The molecule has 1 aliphatic heterocycles. The molecule has 1 aromatic carbocycles. The maximum atomic E-state index is 6.10. The summed E-state index contributed by atoms with van der Waals surface area (Å²) >= 11 is 0. The number of para-hydroxylation sites is 1. The van der Waals surface area contributed by atoms with E-state index in [0.29, 0.717) is 0 Å². The lowest BCUT2D eigenvalue weighted by atomic mass is 10.0. The number of fused-ring (bicyclic) bond motifs is 1. The summed E-state index contributed by atoms with van der Waals surface area (Å²) in [6, 6.07) is 8.48. The van der Waals surface area contributed by atoms with Gasteiger partial charge in [0.2, 0.25) is 0 Å². The summed E-state index contributed by atoms with van der Waals surface area (Å²) in [4.78, 5) is 4.55. The van der Waals surface area contributed by atoms with Crippen molar-refractivity contribution in [1.29, 1.82) is 0 Å². The quantitative estimate of drug-likeness (QED) is 0.764. The van der Waals surface area contributed by atoms with Gasteiger partial charge in [0.1, 0.15) is 23.3 Å². The summed E-state index contributed by atoms with van der Waals surface area (Å²) in [5, 5.41) is 4.90. The molecule has 0 spiro atoms. The van der Waals surface area contributed by atoms with E-state index in [9.17, 15) is 0 Å². The van der Waals surface area contributed by atoms with Gasteiger partial charge in [-0.2, -0.15) is 0 Å². The molecule has 1 N–H and O–H groups in total. The second-order valence-electron chi connectivity index (χ2n) is 6.63. The van der Waals surface area contributed by atoms with Crippen molar-refractivity contribution in [1.82, 2.24) is 14.9 Å². The zero-order valence-electron chi connectivity index (χ0n) is 14.9. The van der Waals surface area contributed by atoms with E-state index in [1.165, 1.54) is 10.9 Å². The van der Waals surface area contributed by atoms with E-state index in [-0.39, 0.29) is 12.1 Å². The number of hydrogen-bond donors (Lipinski definition) is 1. The second-order valence-corrected chi connectivity index (χ2v) is 6.63. The lowest BCUT2D eigenvalue weighted by Gasteiger charge is -2.32. The van der Waals surface area contributed by atoms with Crippen molar-refractivity contribution in [2.24, 2.45) is 0 Å². The van der Waals surface area contributed by atoms with Crippen LogP contribution >= 0.6 is 0 Å². The zero-order valence-corrected chi connectivity index (χ0v) is 14.9. The van der Waals surface area contributed by atoms with Gasteiger partial charge in [0.05, 0.1) is 0 Å². The molecule has 4 rings (SSSR count). The number of imidazole rings is 1. The number of rotatable bonds is 5. The molecule has 25 heavy (non-hydrogen) atoms. The summed E-state index contributed by atoms with van der Waals surface area (Å²) in [6.07, 6.45) is 6.06. The fourth-order valence-electron chi connectivity index (χ4n) is 3.76. The minimum absolute atomic E-state index is 0.00201. The number of benzene rings is 1. The van der Waals surface area contributed by atoms with Crippen LogP contribution in [0.3, 0.4) is 0 Å². The van der Waals surface area contributed by atoms with Gasteiger partial charge in [0, 0.05) is 49.1 Å². The first-order valence-corrected chi connectivity index (χ1v) is 9.11. The van der Waals surface area contributed by atoms with Gasteiger partial charge < -0.3 is 19.0 Å². The molecular weight excluding hydrogens is 314 g/mol. The molecule has 0 radical (unpaired) electrons. The summed E-state index contributed by atoms with van der Waals surface area (Å²) < 4.78 is 14.2. The van der Waals surface area contributed by atoms with E-state index >= 15 is 0 Å². The van der Waals surface area contributed by atoms with Gasteiger partial charge in [0.15, 0.2) is 0 Å². The molecule has 0 unspecified atom stereocenters. The Morgan fingerprint density at radius 2 is 2.20 bits per heavy atom. The smallest absolute Gasteiger partial charge is 0.139 e. The first-order chi connectivity index (χ1) is 12.3. The molecule has 5 heteroatoms. The van der Waals surface area contributed by atoms with Crippen molar-refractivity contribution >= 4 is 11.0 Å². The van der Waals surface area contributed by atoms with Crippen LogP contribution in [-0.4, -0.2) is 22.2 Å². The predicted octanol–water partition coefficient (Wildman–Crippen LogP) is 3.97. The third-order valence-corrected chi connectivity index (χ3v) is 5.11. The van der Waals surface area contributed by atoms with Crippen LogP contribution in [0.2, 0.25) is 0 Å². The number of nitrogens with one attached hydrogen (secondary N) is 1. The Balaban J connectivity index is 1.55. The average molecular weight is 339 g/mol. The fraction of sp³-hybridized carbons (Fsp3) is 0.450. The van der Waals surface area contributed by atoms with Gasteiger partial charge in [0.25, 0.3) is 0 Å². The van der Waals surface area contributed by atoms with Crippen LogP contribution in [0, 0.1) is 6.92 Å². The van der Waals surface area contributed by atoms with Gasteiger partial charge in [-0.15, -0.1) is 0 Å². The topological polar surface area (TPSA) is 52.2 Å². The molecule has 2 aromatic heterocycles. The molecule has 132 valence electrons. The lowest BCUT2D eigenvalue weighted by molar-refractivity contribution is -0.0182. The van der Waals surface area contributed by atoms with Gasteiger partial charge >= 0.3 is 0 Å². The Hall–Kier alpha value is -2.11. The molecule has 1 aliphatic rings. The van der Waals surface area contributed by atoms with Gasteiger partial charge in [-0.3, -0.25) is 0 Å². The van der Waals surface area contributed by atoms with Crippen molar-refractivity contribution in [3.63, 3.8) is 0 Å². The lowest BCUT2D eigenvalue weighted by Crippen LogP contribution is -2.40. The maximum absolute atomic E-state index is 6.10. The molecule has 1 saturated heterocycles. The van der Waals surface area contributed by atoms with Crippen molar-refractivity contribution in [3.05, 3.63) is 53.8 Å². The van der Waals surface area contributed by atoms with Crippen LogP contribution in [0.5, 0.6) is 0 Å². The van der Waals surface area contributed by atoms with Crippen molar-refractivity contribution in [2.45, 2.75) is 51.9 Å². The number of aromatic nitrogens is 2. The van der Waals surface area contributed by atoms with Crippen molar-refractivity contribution in [3.8, 4) is 0 Å². The zero-order chi connectivity index (χ0) is 17.2. The molecular formula is C20H25N3O2. The molecule has 0 aliphatic carbocycles. The van der Waals surface area contributed by atoms with Crippen LogP contribution in [0.25, 0.3) is 11.0 Å². The van der Waals surface area contributed by atoms with E-state index in [4.69, 9.17) is 9.15 Å². The molecule has 0 saturated carbocycles. The molecule has 0 amide bonds. The number of furan rings is 1. The average Bonchev–Trinajstić information content (AvgIpc) is 3.23. The van der Waals surface area contributed by atoms with E-state index < -0.39 is 0 Å². The minimum atomic E-state index is 0.00201. The minimum Gasteiger partial charge on any atom is -0.461 e. The van der Waals surface area contributed by atoms with E-state index in [1.807, 2.05) is 31.5 Å². The third kappa shape index (κ3) is 3.10. The van der Waals surface area contributed by atoms with Crippen LogP contribution in [-0.2, 0) is 17.8 Å². The highest BCUT2D eigenvalue weighted by molar-refractivity contribution is 5.82. The molecule has 2 atom stereocenters. The highest BCUT2D eigenvalue weighted by Crippen LogP contribution is 2.29. The molecule has 3 heterocycles. The Morgan fingerprint density at radius 3 is 3.08 bits per heavy atom. The van der Waals surface area contributed by atoms with Crippen molar-refractivity contribution in [2.75, 3.05) is 6.61 Å². The summed E-state index contributed by atoms with van der Waals surface area (Å²) in [7, 11) is 0. The molecule has 1 fully saturated rings. The number of aryl methyl sites for hydroxylation is 2. The second kappa shape index (κ2) is 7.02. The first kappa shape index (κ1) is 16.4. The fourth-order valence-corrected chi connectivity index (χ4v) is 3.76. The number of hydrogen-bond acceptors (Lipinski definition) is 4. The van der Waals surface area contributed by atoms with E-state index in [0.717, 1.165) is 49.7 Å². The Bertz CT molecular complexity index is 852. The first-order valence-electron chi connectivity index (χ1n) is 9.11. The molecule has 5 nitrogen and oxygen atoms in total. The van der Waals surface area contributed by atoms with Crippen LogP contribution in [0.15, 0.2) is 41.1 Å². The SMILES string of the molecule is CCn1ccnc1[C@H]1OCCC[C@@H]1NCc1c(C)oc2ccccc12. The summed E-state index contributed by atoms with van der Waals surface area (Å²) in [5.41, 5.74) is 2.19. The van der Waals surface area contributed by atoms with Crippen LogP contribution in [0.1, 0.15) is 43.0 Å². The summed E-state index contributed by atoms with van der Waals surface area (Å²) in [6.45, 7) is 6.66. The predicted molar refractivity (Wildman–Crippen MR) is 97.4 cm³/mol. The van der Waals surface area contributed by atoms with Crippen LogP contribution < -0.4 is 5.32 Å². The molecule has 3 aromatic rings. The summed E-state index contributed by atoms with van der Waals surface area (Å²) in [5.74, 6) is 2.01. The number of nitrogens with zero attached hydrogens (tertiary/aromatic N) is 2. The van der Waals surface area contributed by atoms with Gasteiger partial charge in [-0.25, -0.2) is 4.98 Å². The maximum Gasteiger partial charge on any atom is 0.139 e. The van der Waals surface area contributed by atoms with Gasteiger partial charge in [-0.1, -0.05) is 18.2 Å². The highest BCUT2D eigenvalue weighted by atomic mass is 16.5. The third-order valence-electron chi connectivity index (χ3n) is 5.11. The van der Waals surface area contributed by atoms with E-state index in [1.54, 1.807) is 0 Å². The van der Waals surface area contributed by atoms with Crippen molar-refractivity contribution < 1.29 is 9.15 Å². The largest absolute Gasteiger partial charge is 0.461 e. The monoisotopic (exact) mass is 339 g/mol. The van der Waals surface area contributed by atoms with Crippen LogP contribution in [0.4, 0.5) is 0 Å². The Morgan fingerprint density at radius 1 is 1.32 bits per heavy atom. The highest BCUT2D eigenvalue weighted by Gasteiger charge is 2.30.